The summed E-state index contributed by atoms with van der Waals surface area (Å²) in [5, 5.41) is 6.61. The number of fused-ring (bicyclic) bond motifs is 1. The van der Waals surface area contributed by atoms with Gasteiger partial charge < -0.3 is 9.47 Å². The highest BCUT2D eigenvalue weighted by Crippen LogP contribution is 2.38. The van der Waals surface area contributed by atoms with Gasteiger partial charge in [0, 0.05) is 61.3 Å². The molecule has 7 nitrogen and oxygen atoms in total. The van der Waals surface area contributed by atoms with Gasteiger partial charge in [-0.25, -0.2) is 9.86 Å². The fourth-order valence-electron chi connectivity index (χ4n) is 7.37. The molecule has 206 valence electrons. The molecule has 2 aromatic rings. The largest absolute Gasteiger partial charge is 0.341 e. The number of benzene rings is 1. The molecule has 2 aliphatic heterocycles. The van der Waals surface area contributed by atoms with Crippen LogP contribution in [0.25, 0.3) is 10.9 Å². The van der Waals surface area contributed by atoms with Crippen molar-refractivity contribution in [1.29, 1.82) is 0 Å². The second kappa shape index (κ2) is 11.7. The molecular formula is C29H47N5O2S. The van der Waals surface area contributed by atoms with Gasteiger partial charge in [-0.2, -0.15) is 8.42 Å². The smallest absolute Gasteiger partial charge is 0.274 e. The molecular weight excluding hydrogens is 482 g/mol. The molecule has 8 heteroatoms. The van der Waals surface area contributed by atoms with E-state index in [0.29, 0.717) is 19.0 Å². The molecule has 3 fully saturated rings. The van der Waals surface area contributed by atoms with Gasteiger partial charge in [0.2, 0.25) is 0 Å². The van der Waals surface area contributed by atoms with E-state index in [1.807, 2.05) is 0 Å². The number of likely N-dealkylation sites (tertiary alicyclic amines) is 2. The molecule has 1 aromatic heterocycles. The number of para-hydroxylation sites is 1. The molecule has 1 aliphatic carbocycles. The molecule has 1 saturated carbocycles. The lowest BCUT2D eigenvalue weighted by atomic mass is 9.79. The normalized spacial score (nSPS) is 25.0. The lowest BCUT2D eigenvalue weighted by Gasteiger charge is -2.42. The van der Waals surface area contributed by atoms with E-state index in [1.54, 1.807) is 0 Å². The molecule has 0 radical (unpaired) electrons. The van der Waals surface area contributed by atoms with E-state index in [-0.39, 0.29) is 0 Å². The van der Waals surface area contributed by atoms with Crippen molar-refractivity contribution in [2.24, 2.45) is 17.0 Å². The molecule has 0 amide bonds. The van der Waals surface area contributed by atoms with Crippen molar-refractivity contribution in [3.05, 3.63) is 35.5 Å². The van der Waals surface area contributed by atoms with Crippen molar-refractivity contribution in [1.82, 2.24) is 19.1 Å². The van der Waals surface area contributed by atoms with Gasteiger partial charge >= 0.3 is 0 Å². The Balaban J connectivity index is 1.37. The van der Waals surface area contributed by atoms with Crippen LogP contribution in [-0.4, -0.2) is 61.6 Å². The summed E-state index contributed by atoms with van der Waals surface area (Å²) >= 11 is 0. The van der Waals surface area contributed by atoms with Crippen LogP contribution < -0.4 is 9.86 Å². The Labute approximate surface area is 223 Å². The van der Waals surface area contributed by atoms with Crippen LogP contribution in [0.3, 0.4) is 0 Å². The van der Waals surface area contributed by atoms with Gasteiger partial charge in [0.15, 0.2) is 0 Å². The fraction of sp³-hybridized carbons (Fsp3) is 0.724. The van der Waals surface area contributed by atoms with Crippen LogP contribution in [0, 0.1) is 11.8 Å². The first-order chi connectivity index (χ1) is 17.8. The highest BCUT2D eigenvalue weighted by atomic mass is 32.2. The van der Waals surface area contributed by atoms with Gasteiger partial charge in [0.25, 0.3) is 10.2 Å². The number of hydrogen-bond acceptors (Lipinski definition) is 4. The maximum Gasteiger partial charge on any atom is 0.274 e. The first-order valence-corrected chi connectivity index (χ1v) is 16.2. The average Bonchev–Trinajstić information content (AvgIpc) is 3.50. The summed E-state index contributed by atoms with van der Waals surface area (Å²) in [6.07, 6.45) is 11.0. The van der Waals surface area contributed by atoms with E-state index in [4.69, 9.17) is 5.14 Å². The molecule has 2 saturated heterocycles. The first kappa shape index (κ1) is 27.1. The predicted molar refractivity (Wildman–Crippen MR) is 152 cm³/mol. The summed E-state index contributed by atoms with van der Waals surface area (Å²) in [4.78, 5) is 5.32. The van der Waals surface area contributed by atoms with Crippen molar-refractivity contribution in [3.63, 3.8) is 0 Å². The minimum atomic E-state index is -3.70. The molecule has 3 N–H and O–H groups in total. The highest BCUT2D eigenvalue weighted by molar-refractivity contribution is 7.87. The second-order valence-electron chi connectivity index (χ2n) is 12.1. The van der Waals surface area contributed by atoms with Crippen LogP contribution in [-0.2, 0) is 23.2 Å². The van der Waals surface area contributed by atoms with E-state index < -0.39 is 10.2 Å². The Hall–Kier alpha value is -1.45. The van der Waals surface area contributed by atoms with Crippen LogP contribution in [0.1, 0.15) is 82.5 Å². The molecule has 0 bridgehead atoms. The lowest BCUT2D eigenvalue weighted by Crippen LogP contribution is -2.44. The standard InChI is InChI=1S/C29H47N5O2S/c1-22(2)23-9-11-24(12-10-23)33-19-14-25(15-20-33)34-28-8-4-3-7-26(28)27(21-32-17-5-6-18-32)29(34)13-16-31-37(30,35)36/h3-4,7-8,22-25,31H,5-6,9-21H2,1-2H3,(H2,30,35,36)/t23-,24+. The minimum absolute atomic E-state index is 0.333. The lowest BCUT2D eigenvalue weighted by molar-refractivity contribution is 0.0889. The molecule has 5 rings (SSSR count). The van der Waals surface area contributed by atoms with Crippen LogP contribution in [0.2, 0.25) is 0 Å². The van der Waals surface area contributed by atoms with Gasteiger partial charge in [-0.3, -0.25) is 4.90 Å². The van der Waals surface area contributed by atoms with Gasteiger partial charge in [-0.1, -0.05) is 32.0 Å². The third-order valence-electron chi connectivity index (χ3n) is 9.44. The summed E-state index contributed by atoms with van der Waals surface area (Å²) < 4.78 is 28.4. The zero-order valence-electron chi connectivity index (χ0n) is 22.9. The van der Waals surface area contributed by atoms with E-state index in [1.165, 1.54) is 60.7 Å². The topological polar surface area (TPSA) is 83.6 Å². The Bertz CT molecular complexity index is 1140. The van der Waals surface area contributed by atoms with E-state index in [2.05, 4.69) is 57.2 Å². The van der Waals surface area contributed by atoms with Crippen LogP contribution in [0.4, 0.5) is 0 Å². The number of rotatable bonds is 9. The molecule has 3 heterocycles. The van der Waals surface area contributed by atoms with Crippen LogP contribution in [0.15, 0.2) is 24.3 Å². The first-order valence-electron chi connectivity index (χ1n) is 14.6. The summed E-state index contributed by atoms with van der Waals surface area (Å²) in [5.41, 5.74) is 3.97. The number of aromatic nitrogens is 1. The van der Waals surface area contributed by atoms with E-state index in [0.717, 1.165) is 63.4 Å². The zero-order valence-corrected chi connectivity index (χ0v) is 23.7. The Morgan fingerprint density at radius 2 is 1.62 bits per heavy atom. The molecule has 0 atom stereocenters. The van der Waals surface area contributed by atoms with E-state index >= 15 is 0 Å². The van der Waals surface area contributed by atoms with Gasteiger partial charge in [0.1, 0.15) is 0 Å². The molecule has 3 aliphatic rings. The summed E-state index contributed by atoms with van der Waals surface area (Å²) in [7, 11) is -3.70. The van der Waals surface area contributed by atoms with E-state index in [9.17, 15) is 8.42 Å². The van der Waals surface area contributed by atoms with Gasteiger partial charge in [0.05, 0.1) is 0 Å². The maximum absolute atomic E-state index is 11.6. The third-order valence-corrected chi connectivity index (χ3v) is 10.0. The van der Waals surface area contributed by atoms with Gasteiger partial charge in [-0.05, 0) is 87.9 Å². The van der Waals surface area contributed by atoms with Crippen molar-refractivity contribution in [3.8, 4) is 0 Å². The summed E-state index contributed by atoms with van der Waals surface area (Å²) in [5.74, 6) is 1.72. The Kier molecular flexibility index (Phi) is 8.61. The number of hydrogen-bond donors (Lipinski definition) is 2. The number of nitrogens with one attached hydrogen (secondary N) is 1. The van der Waals surface area contributed by atoms with Crippen LogP contribution in [0.5, 0.6) is 0 Å². The average molecular weight is 530 g/mol. The Morgan fingerprint density at radius 3 is 2.27 bits per heavy atom. The number of piperidine rings is 1. The molecule has 1 aromatic carbocycles. The number of nitrogens with two attached hydrogens (primary N) is 1. The SMILES string of the molecule is CC(C)[C@H]1CC[C@@H](N2CCC(n3c(CCNS(N)(=O)=O)c(CN4CCCC4)c4ccccc43)CC2)CC1. The van der Waals surface area contributed by atoms with Crippen molar-refractivity contribution < 1.29 is 8.42 Å². The predicted octanol–water partition coefficient (Wildman–Crippen LogP) is 4.42. The monoisotopic (exact) mass is 529 g/mol. The zero-order chi connectivity index (χ0) is 26.0. The molecule has 0 unspecified atom stereocenters. The summed E-state index contributed by atoms with van der Waals surface area (Å²) in [6.45, 7) is 10.6. The minimum Gasteiger partial charge on any atom is -0.341 e. The second-order valence-corrected chi connectivity index (χ2v) is 13.4. The van der Waals surface area contributed by atoms with Crippen molar-refractivity contribution >= 4 is 21.1 Å². The molecule has 37 heavy (non-hydrogen) atoms. The third kappa shape index (κ3) is 6.41. The Morgan fingerprint density at radius 1 is 0.946 bits per heavy atom. The van der Waals surface area contributed by atoms with Crippen molar-refractivity contribution in [2.45, 2.75) is 90.3 Å². The number of nitrogens with zero attached hydrogens (tertiary/aromatic N) is 3. The summed E-state index contributed by atoms with van der Waals surface area (Å²) in [6, 6.07) is 10.0. The maximum atomic E-state index is 11.6. The van der Waals surface area contributed by atoms with Crippen LogP contribution >= 0.6 is 0 Å². The van der Waals surface area contributed by atoms with Gasteiger partial charge in [-0.15, -0.1) is 0 Å². The quantitative estimate of drug-likeness (QED) is 0.504. The molecule has 0 spiro atoms. The highest BCUT2D eigenvalue weighted by Gasteiger charge is 2.32. The van der Waals surface area contributed by atoms with Crippen molar-refractivity contribution in [2.75, 3.05) is 32.7 Å². The fourth-order valence-corrected chi connectivity index (χ4v) is 7.76.